The number of fused-ring (bicyclic) bond motifs is 1. The van der Waals surface area contributed by atoms with Gasteiger partial charge in [0, 0.05) is 5.39 Å². The molecule has 0 atom stereocenters. The van der Waals surface area contributed by atoms with Gasteiger partial charge < -0.3 is 15.7 Å². The normalized spacial score (nSPS) is 9.00. The number of carbonyl (C=O) groups is 1. The Hall–Kier alpha value is -1.54. The number of aromatic nitrogens is 1. The van der Waals surface area contributed by atoms with Crippen molar-refractivity contribution in [2.45, 2.75) is 0 Å². The molecule has 78 valence electrons. The second kappa shape index (κ2) is 5.52. The molecular formula is C10H8LiNO4. The van der Waals surface area contributed by atoms with E-state index in [0.717, 1.165) is 5.39 Å². The smallest absolute Gasteiger partial charge is 0.870 e. The summed E-state index contributed by atoms with van der Waals surface area (Å²) in [5.74, 6) is -0.914. The SMILES string of the molecule is O=C(O)c1ccc2cc(O)ccc2n1.[Li+].[OH-]. The minimum atomic E-state index is -1.06. The van der Waals surface area contributed by atoms with Crippen molar-refractivity contribution < 1.29 is 39.3 Å². The van der Waals surface area contributed by atoms with Crippen LogP contribution < -0.4 is 18.9 Å². The molecule has 0 spiro atoms. The summed E-state index contributed by atoms with van der Waals surface area (Å²) in [5, 5.41) is 18.6. The molecule has 1 heterocycles. The van der Waals surface area contributed by atoms with Gasteiger partial charge in [0.2, 0.25) is 0 Å². The van der Waals surface area contributed by atoms with E-state index < -0.39 is 5.97 Å². The summed E-state index contributed by atoms with van der Waals surface area (Å²) in [4.78, 5) is 14.5. The van der Waals surface area contributed by atoms with Gasteiger partial charge in [0.25, 0.3) is 0 Å². The van der Waals surface area contributed by atoms with E-state index >= 15 is 0 Å². The predicted octanol–water partition coefficient (Wildman–Crippen LogP) is -1.53. The van der Waals surface area contributed by atoms with E-state index in [9.17, 15) is 4.79 Å². The molecule has 0 fully saturated rings. The van der Waals surface area contributed by atoms with Crippen molar-refractivity contribution in [3.05, 3.63) is 36.0 Å². The van der Waals surface area contributed by atoms with Crippen molar-refractivity contribution in [2.24, 2.45) is 0 Å². The van der Waals surface area contributed by atoms with Crippen molar-refractivity contribution in [3.8, 4) is 5.75 Å². The van der Waals surface area contributed by atoms with Crippen LogP contribution in [0.2, 0.25) is 0 Å². The molecule has 1 aromatic carbocycles. The average molecular weight is 213 g/mol. The number of nitrogens with zero attached hydrogens (tertiary/aromatic N) is 1. The summed E-state index contributed by atoms with van der Waals surface area (Å²) in [6.45, 7) is 0. The number of rotatable bonds is 1. The van der Waals surface area contributed by atoms with Crippen molar-refractivity contribution in [2.75, 3.05) is 0 Å². The molecular weight excluding hydrogens is 205 g/mol. The number of phenols is 1. The van der Waals surface area contributed by atoms with Gasteiger partial charge in [-0.1, -0.05) is 6.07 Å². The Bertz CT molecular complexity index is 515. The minimum absolute atomic E-state index is 0. The van der Waals surface area contributed by atoms with Gasteiger partial charge in [-0.05, 0) is 24.3 Å². The van der Waals surface area contributed by atoms with E-state index in [4.69, 9.17) is 10.2 Å². The van der Waals surface area contributed by atoms with E-state index in [1.807, 2.05) is 0 Å². The van der Waals surface area contributed by atoms with Gasteiger partial charge in [0.15, 0.2) is 0 Å². The fraction of sp³-hybridized carbons (Fsp3) is 0. The molecule has 3 N–H and O–H groups in total. The Morgan fingerprint density at radius 1 is 1.19 bits per heavy atom. The molecule has 1 aromatic heterocycles. The Morgan fingerprint density at radius 2 is 1.88 bits per heavy atom. The van der Waals surface area contributed by atoms with Crippen molar-refractivity contribution in [1.29, 1.82) is 0 Å². The maximum absolute atomic E-state index is 10.6. The molecule has 5 nitrogen and oxygen atoms in total. The maximum Gasteiger partial charge on any atom is 1.00 e. The molecule has 0 radical (unpaired) electrons. The van der Waals surface area contributed by atoms with Crippen LogP contribution in [0.4, 0.5) is 0 Å². The van der Waals surface area contributed by atoms with Crippen LogP contribution >= 0.6 is 0 Å². The Morgan fingerprint density at radius 3 is 2.50 bits per heavy atom. The second-order valence-corrected chi connectivity index (χ2v) is 2.88. The average Bonchev–Trinajstić information content (AvgIpc) is 2.16. The summed E-state index contributed by atoms with van der Waals surface area (Å²) in [6.07, 6.45) is 0. The molecule has 0 aliphatic heterocycles. The van der Waals surface area contributed by atoms with Crippen molar-refractivity contribution in [1.82, 2.24) is 4.98 Å². The molecule has 2 aromatic rings. The third kappa shape index (κ3) is 2.73. The van der Waals surface area contributed by atoms with Crippen molar-refractivity contribution >= 4 is 16.9 Å². The van der Waals surface area contributed by atoms with Gasteiger partial charge in [-0.15, -0.1) is 0 Å². The first-order valence-electron chi connectivity index (χ1n) is 4.00. The van der Waals surface area contributed by atoms with Crippen molar-refractivity contribution in [3.63, 3.8) is 0 Å². The number of hydrogen-bond donors (Lipinski definition) is 2. The zero-order chi connectivity index (χ0) is 10.1. The van der Waals surface area contributed by atoms with E-state index in [0.29, 0.717) is 5.52 Å². The first kappa shape index (κ1) is 14.5. The standard InChI is InChI=1S/C10H7NO3.Li.H2O/c12-7-2-4-8-6(5-7)1-3-9(11-8)10(13)14;;/h1-5,12H,(H,13,14);;1H2/q;+1;/p-1. The number of phenolic OH excluding ortho intramolecular Hbond substituents is 1. The fourth-order valence-corrected chi connectivity index (χ4v) is 1.23. The molecule has 0 unspecified atom stereocenters. The molecule has 0 aliphatic carbocycles. The predicted molar refractivity (Wildman–Crippen MR) is 52.3 cm³/mol. The van der Waals surface area contributed by atoms with Gasteiger partial charge in [0.1, 0.15) is 11.4 Å². The number of benzene rings is 1. The zero-order valence-electron chi connectivity index (χ0n) is 8.58. The zero-order valence-corrected chi connectivity index (χ0v) is 8.58. The fourth-order valence-electron chi connectivity index (χ4n) is 1.23. The number of aromatic hydroxyl groups is 1. The minimum Gasteiger partial charge on any atom is -0.870 e. The quantitative estimate of drug-likeness (QED) is 0.559. The van der Waals surface area contributed by atoms with Gasteiger partial charge in [-0.2, -0.15) is 0 Å². The summed E-state index contributed by atoms with van der Waals surface area (Å²) in [6, 6.07) is 7.61. The van der Waals surface area contributed by atoms with Crippen LogP contribution in [-0.4, -0.2) is 26.6 Å². The van der Waals surface area contributed by atoms with E-state index in [1.54, 1.807) is 12.1 Å². The van der Waals surface area contributed by atoms with E-state index in [-0.39, 0.29) is 35.8 Å². The van der Waals surface area contributed by atoms with Crippen LogP contribution in [0.5, 0.6) is 5.75 Å². The van der Waals surface area contributed by atoms with Gasteiger partial charge in [-0.25, -0.2) is 9.78 Å². The topological polar surface area (TPSA) is 100 Å². The molecule has 0 aliphatic rings. The van der Waals surface area contributed by atoms with Crippen LogP contribution in [0.15, 0.2) is 30.3 Å². The summed E-state index contributed by atoms with van der Waals surface area (Å²) in [7, 11) is 0. The van der Waals surface area contributed by atoms with Crippen LogP contribution in [0, 0.1) is 0 Å². The summed E-state index contributed by atoms with van der Waals surface area (Å²) >= 11 is 0. The Labute approximate surface area is 103 Å². The second-order valence-electron chi connectivity index (χ2n) is 2.88. The van der Waals surface area contributed by atoms with Crippen LogP contribution in [0.3, 0.4) is 0 Å². The molecule has 2 rings (SSSR count). The van der Waals surface area contributed by atoms with Crippen LogP contribution in [0.25, 0.3) is 10.9 Å². The molecule has 0 saturated carbocycles. The molecule has 16 heavy (non-hydrogen) atoms. The molecule has 0 bridgehead atoms. The number of carboxylic acids is 1. The number of pyridine rings is 1. The number of carboxylic acid groups (broad SMARTS) is 1. The third-order valence-corrected chi connectivity index (χ3v) is 1.89. The summed E-state index contributed by atoms with van der Waals surface area (Å²) < 4.78 is 0. The van der Waals surface area contributed by atoms with Gasteiger partial charge in [-0.3, -0.25) is 0 Å². The van der Waals surface area contributed by atoms with Crippen LogP contribution in [-0.2, 0) is 0 Å². The molecule has 0 saturated heterocycles. The van der Waals surface area contributed by atoms with Gasteiger partial charge >= 0.3 is 24.8 Å². The number of aromatic carboxylic acids is 1. The third-order valence-electron chi connectivity index (χ3n) is 1.89. The Balaban J connectivity index is 0.00000112. The van der Waals surface area contributed by atoms with Gasteiger partial charge in [0.05, 0.1) is 5.52 Å². The van der Waals surface area contributed by atoms with E-state index in [2.05, 4.69) is 4.98 Å². The van der Waals surface area contributed by atoms with E-state index in [1.165, 1.54) is 18.2 Å². The first-order valence-corrected chi connectivity index (χ1v) is 4.00. The molecule has 0 amide bonds. The maximum atomic E-state index is 10.6. The summed E-state index contributed by atoms with van der Waals surface area (Å²) in [5.41, 5.74) is 0.561. The van der Waals surface area contributed by atoms with Crippen LogP contribution in [0.1, 0.15) is 10.5 Å². The molecule has 6 heteroatoms. The number of hydrogen-bond acceptors (Lipinski definition) is 4. The largest absolute Gasteiger partial charge is 1.00 e. The Kier molecular flexibility index (Phi) is 4.98. The monoisotopic (exact) mass is 213 g/mol. The first-order chi connectivity index (χ1) is 6.66.